The average molecular weight is 385 g/mol. The lowest BCUT2D eigenvalue weighted by Crippen LogP contribution is -2.38. The minimum absolute atomic E-state index is 0.0450. The highest BCUT2D eigenvalue weighted by molar-refractivity contribution is 8.23. The summed E-state index contributed by atoms with van der Waals surface area (Å²) in [5.74, 6) is -0.541. The molecule has 0 saturated carbocycles. The number of esters is 1. The highest BCUT2D eigenvalue weighted by Crippen LogP contribution is 2.30. The summed E-state index contributed by atoms with van der Waals surface area (Å²) in [4.78, 5) is 38.5. The van der Waals surface area contributed by atoms with Crippen LogP contribution in [0, 0.1) is 0 Å². The first-order valence-corrected chi connectivity index (χ1v) is 9.78. The van der Waals surface area contributed by atoms with Gasteiger partial charge in [0.2, 0.25) is 5.91 Å². The van der Waals surface area contributed by atoms with Crippen molar-refractivity contribution in [2.75, 3.05) is 25.4 Å². The number of thioether (sulfide) groups is 1. The second-order valence-electron chi connectivity index (χ2n) is 5.44. The fourth-order valence-electron chi connectivity index (χ4n) is 2.59. The van der Waals surface area contributed by atoms with Gasteiger partial charge in [0, 0.05) is 18.0 Å². The number of fused-ring (bicyclic) bond motifs is 1. The van der Waals surface area contributed by atoms with E-state index in [1.54, 1.807) is 0 Å². The molecule has 0 unspecified atom stereocenters. The van der Waals surface area contributed by atoms with E-state index in [9.17, 15) is 14.4 Å². The van der Waals surface area contributed by atoms with Crippen molar-refractivity contribution in [3.8, 4) is 0 Å². The number of ether oxygens (including phenoxy) is 1. The van der Waals surface area contributed by atoms with Crippen molar-refractivity contribution in [2.45, 2.75) is 19.3 Å². The molecule has 1 aliphatic carbocycles. The van der Waals surface area contributed by atoms with Gasteiger partial charge in [-0.3, -0.25) is 14.5 Å². The smallest absolute Gasteiger partial charge is 0.348 e. The van der Waals surface area contributed by atoms with Gasteiger partial charge < -0.3 is 10.1 Å². The quantitative estimate of drug-likeness (QED) is 0.590. The molecule has 1 aliphatic heterocycles. The summed E-state index contributed by atoms with van der Waals surface area (Å²) in [6.45, 7) is 0.284. The number of nitrogens with one attached hydrogen (secondary N) is 1. The van der Waals surface area contributed by atoms with Crippen molar-refractivity contribution in [1.29, 1.82) is 0 Å². The van der Waals surface area contributed by atoms with Gasteiger partial charge in [-0.2, -0.15) is 0 Å². The highest BCUT2D eigenvalue weighted by Gasteiger charge is 2.26. The van der Waals surface area contributed by atoms with E-state index in [-0.39, 0.29) is 19.1 Å². The van der Waals surface area contributed by atoms with Gasteiger partial charge in [0.05, 0.1) is 5.75 Å². The van der Waals surface area contributed by atoms with Gasteiger partial charge in [0.1, 0.15) is 9.20 Å². The standard InChI is InChI=1S/C15H16N2O4S3/c18-12(16-4-5-17-13(19)8-23-15(17)22)7-21-14(20)11-6-9-2-1-3-10(9)24-11/h6H,1-5,7-8H2,(H,16,18). The number of carbonyl (C=O) groups excluding carboxylic acids is 3. The van der Waals surface area contributed by atoms with E-state index in [1.807, 2.05) is 6.07 Å². The minimum Gasteiger partial charge on any atom is -0.451 e. The second-order valence-corrected chi connectivity index (χ2v) is 8.18. The number of hydrogen-bond donors (Lipinski definition) is 1. The van der Waals surface area contributed by atoms with Crippen molar-refractivity contribution in [1.82, 2.24) is 10.2 Å². The molecule has 1 N–H and O–H groups in total. The molecule has 0 radical (unpaired) electrons. The summed E-state index contributed by atoms with van der Waals surface area (Å²) in [6.07, 6.45) is 3.17. The molecule has 0 spiro atoms. The molecule has 24 heavy (non-hydrogen) atoms. The predicted molar refractivity (Wildman–Crippen MR) is 96.4 cm³/mol. The molecular weight excluding hydrogens is 368 g/mol. The van der Waals surface area contributed by atoms with Crippen LogP contribution >= 0.6 is 35.3 Å². The van der Waals surface area contributed by atoms with E-state index in [1.165, 1.54) is 38.4 Å². The first-order valence-electron chi connectivity index (χ1n) is 7.57. The van der Waals surface area contributed by atoms with Crippen LogP contribution < -0.4 is 5.32 Å². The molecule has 9 heteroatoms. The number of rotatable bonds is 6. The first kappa shape index (κ1) is 17.4. The first-order chi connectivity index (χ1) is 11.5. The Morgan fingerprint density at radius 2 is 2.21 bits per heavy atom. The molecule has 2 amide bonds. The van der Waals surface area contributed by atoms with Crippen LogP contribution in [0.15, 0.2) is 6.07 Å². The molecule has 1 saturated heterocycles. The predicted octanol–water partition coefficient (Wildman–Crippen LogP) is 1.37. The van der Waals surface area contributed by atoms with Crippen molar-refractivity contribution in [3.05, 3.63) is 21.4 Å². The summed E-state index contributed by atoms with van der Waals surface area (Å²) in [5.41, 5.74) is 1.22. The molecular formula is C15H16N2O4S3. The van der Waals surface area contributed by atoms with E-state index in [2.05, 4.69) is 5.32 Å². The minimum atomic E-state index is -0.461. The lowest BCUT2D eigenvalue weighted by Gasteiger charge is -2.15. The molecule has 3 rings (SSSR count). The molecule has 1 aromatic rings. The monoisotopic (exact) mass is 384 g/mol. The molecule has 2 heterocycles. The SMILES string of the molecule is O=C(COC(=O)c1cc2c(s1)CCC2)NCCN1C(=O)CSC1=S. The van der Waals surface area contributed by atoms with Gasteiger partial charge in [-0.1, -0.05) is 24.0 Å². The number of thiophene rings is 1. The zero-order valence-electron chi connectivity index (χ0n) is 12.8. The molecule has 6 nitrogen and oxygen atoms in total. The van der Waals surface area contributed by atoms with Crippen LogP contribution in [0.25, 0.3) is 0 Å². The van der Waals surface area contributed by atoms with Crippen LogP contribution in [-0.2, 0) is 27.2 Å². The van der Waals surface area contributed by atoms with Crippen molar-refractivity contribution in [3.63, 3.8) is 0 Å². The van der Waals surface area contributed by atoms with Gasteiger partial charge in [0.15, 0.2) is 6.61 Å². The van der Waals surface area contributed by atoms with Crippen molar-refractivity contribution < 1.29 is 19.1 Å². The summed E-state index contributed by atoms with van der Waals surface area (Å²) >= 11 is 7.82. The van der Waals surface area contributed by atoms with Crippen molar-refractivity contribution in [2.24, 2.45) is 0 Å². The lowest BCUT2D eigenvalue weighted by atomic mass is 10.2. The fourth-order valence-corrected chi connectivity index (χ4v) is 4.86. The van der Waals surface area contributed by atoms with Crippen LogP contribution in [0.1, 0.15) is 26.5 Å². The Bertz CT molecular complexity index is 663. The van der Waals surface area contributed by atoms with Gasteiger partial charge >= 0.3 is 5.97 Å². The van der Waals surface area contributed by atoms with E-state index < -0.39 is 11.9 Å². The Labute approximate surface area is 152 Å². The molecule has 0 aromatic carbocycles. The highest BCUT2D eigenvalue weighted by atomic mass is 32.2. The Hall–Kier alpha value is -1.45. The Kier molecular flexibility index (Phi) is 5.52. The Balaban J connectivity index is 1.38. The third kappa shape index (κ3) is 3.96. The van der Waals surface area contributed by atoms with Crippen LogP contribution in [-0.4, -0.2) is 52.5 Å². The molecule has 1 fully saturated rings. The number of amides is 2. The van der Waals surface area contributed by atoms with Crippen LogP contribution in [0.3, 0.4) is 0 Å². The maximum Gasteiger partial charge on any atom is 0.348 e. The number of nitrogens with zero attached hydrogens (tertiary/aromatic N) is 1. The van der Waals surface area contributed by atoms with Gasteiger partial charge in [0.25, 0.3) is 5.91 Å². The fraction of sp³-hybridized carbons (Fsp3) is 0.467. The summed E-state index contributed by atoms with van der Waals surface area (Å²) < 4.78 is 5.57. The molecule has 128 valence electrons. The Morgan fingerprint density at radius 1 is 1.38 bits per heavy atom. The maximum absolute atomic E-state index is 12.0. The normalized spacial score (nSPS) is 16.4. The summed E-state index contributed by atoms with van der Waals surface area (Å²) in [6, 6.07) is 1.87. The third-order valence-corrected chi connectivity index (χ3v) is 6.43. The largest absolute Gasteiger partial charge is 0.451 e. The van der Waals surface area contributed by atoms with E-state index in [4.69, 9.17) is 17.0 Å². The van der Waals surface area contributed by atoms with E-state index >= 15 is 0 Å². The van der Waals surface area contributed by atoms with E-state index in [0.717, 1.165) is 19.3 Å². The molecule has 0 atom stereocenters. The maximum atomic E-state index is 12.0. The second kappa shape index (κ2) is 7.62. The van der Waals surface area contributed by atoms with Crippen LogP contribution in [0.4, 0.5) is 0 Å². The molecule has 2 aliphatic rings. The Morgan fingerprint density at radius 3 is 2.92 bits per heavy atom. The number of carbonyl (C=O) groups is 3. The zero-order valence-corrected chi connectivity index (χ0v) is 15.3. The summed E-state index contributed by atoms with van der Waals surface area (Å²) in [5, 5.41) is 2.62. The van der Waals surface area contributed by atoms with Gasteiger partial charge in [-0.15, -0.1) is 11.3 Å². The molecule has 0 bridgehead atoms. The van der Waals surface area contributed by atoms with Crippen LogP contribution in [0.2, 0.25) is 0 Å². The number of thiocarbonyl (C=S) groups is 1. The third-order valence-electron chi connectivity index (χ3n) is 3.78. The lowest BCUT2D eigenvalue weighted by molar-refractivity contribution is -0.126. The van der Waals surface area contributed by atoms with Crippen molar-refractivity contribution >= 4 is 57.4 Å². The van der Waals surface area contributed by atoms with Gasteiger partial charge in [-0.25, -0.2) is 4.79 Å². The molecule has 1 aromatic heterocycles. The number of aryl methyl sites for hydroxylation is 2. The van der Waals surface area contributed by atoms with Gasteiger partial charge in [-0.05, 0) is 30.9 Å². The average Bonchev–Trinajstić information content (AvgIpc) is 3.22. The topological polar surface area (TPSA) is 75.7 Å². The summed E-state index contributed by atoms with van der Waals surface area (Å²) in [7, 11) is 0. The zero-order chi connectivity index (χ0) is 17.1. The van der Waals surface area contributed by atoms with E-state index in [0.29, 0.717) is 21.5 Å². The van der Waals surface area contributed by atoms with Crippen LogP contribution in [0.5, 0.6) is 0 Å². The number of hydrogen-bond acceptors (Lipinski definition) is 7.